The Hall–Kier alpha value is -1.61. The van der Waals surface area contributed by atoms with Gasteiger partial charge in [-0.3, -0.25) is 4.79 Å². The summed E-state index contributed by atoms with van der Waals surface area (Å²) in [4.78, 5) is 13.6. The Morgan fingerprint density at radius 3 is 2.94 bits per heavy atom. The van der Waals surface area contributed by atoms with Gasteiger partial charge in [-0.15, -0.1) is 0 Å². The summed E-state index contributed by atoms with van der Waals surface area (Å²) in [6.07, 6.45) is 4.37. The predicted octanol–water partition coefficient (Wildman–Crippen LogP) is 2.03. The Morgan fingerprint density at radius 2 is 2.22 bits per heavy atom. The summed E-state index contributed by atoms with van der Waals surface area (Å²) >= 11 is 0. The molecule has 18 heavy (non-hydrogen) atoms. The van der Waals surface area contributed by atoms with Crippen LogP contribution >= 0.6 is 0 Å². The molecule has 0 N–H and O–H groups in total. The monoisotopic (exact) mass is 245 g/mol. The summed E-state index contributed by atoms with van der Waals surface area (Å²) in [5.41, 5.74) is 1.25. The average Bonchev–Trinajstić information content (AvgIpc) is 2.40. The fraction of sp³-hybridized carbons (Fsp3) is 0.400. The number of benzene rings is 1. The minimum absolute atomic E-state index is 0.0823. The summed E-state index contributed by atoms with van der Waals surface area (Å²) in [5.74, 6) is 0.0823. The quantitative estimate of drug-likeness (QED) is 0.763. The molecular weight excluding hydrogens is 226 g/mol. The maximum absolute atomic E-state index is 11.8. The molecule has 3 heteroatoms. The molecule has 1 aliphatic rings. The summed E-state index contributed by atoms with van der Waals surface area (Å²) in [7, 11) is 0. The van der Waals surface area contributed by atoms with E-state index < -0.39 is 0 Å². The molecule has 2 rings (SSSR count). The topological polar surface area (TPSA) is 29.5 Å². The zero-order valence-electron chi connectivity index (χ0n) is 10.7. The van der Waals surface area contributed by atoms with Crippen molar-refractivity contribution in [3.05, 3.63) is 48.0 Å². The Morgan fingerprint density at radius 1 is 1.44 bits per heavy atom. The van der Waals surface area contributed by atoms with E-state index in [0.29, 0.717) is 19.7 Å². The first kappa shape index (κ1) is 12.8. The van der Waals surface area contributed by atoms with Crippen molar-refractivity contribution in [3.8, 4) is 0 Å². The Balaban J connectivity index is 1.93. The zero-order valence-corrected chi connectivity index (χ0v) is 10.7. The molecule has 1 saturated heterocycles. The number of carbonyl (C=O) groups excluding carboxylic acids is 1. The zero-order chi connectivity index (χ0) is 12.8. The van der Waals surface area contributed by atoms with E-state index in [4.69, 9.17) is 4.74 Å². The third-order valence-corrected chi connectivity index (χ3v) is 3.07. The fourth-order valence-electron chi connectivity index (χ4n) is 2.17. The molecule has 0 radical (unpaired) electrons. The molecule has 1 amide bonds. The van der Waals surface area contributed by atoms with Gasteiger partial charge in [0.1, 0.15) is 0 Å². The third kappa shape index (κ3) is 3.44. The van der Waals surface area contributed by atoms with E-state index in [1.807, 2.05) is 30.0 Å². The van der Waals surface area contributed by atoms with Gasteiger partial charge in [-0.05, 0) is 18.6 Å². The lowest BCUT2D eigenvalue weighted by atomic mass is 10.1. The molecule has 3 nitrogen and oxygen atoms in total. The normalized spacial score (nSPS) is 20.3. The van der Waals surface area contributed by atoms with Crippen LogP contribution in [0.15, 0.2) is 42.5 Å². The van der Waals surface area contributed by atoms with Crippen LogP contribution in [0.3, 0.4) is 0 Å². The van der Waals surface area contributed by atoms with Crippen molar-refractivity contribution in [1.82, 2.24) is 4.90 Å². The first-order valence-electron chi connectivity index (χ1n) is 6.36. The standard InChI is InChI=1S/C15H19NO2/c1-2-6-15(17)16-9-10-18-14(12-16)11-13-7-4-3-5-8-13/h2-8,14H,9-12H2,1H3. The second-order valence-electron chi connectivity index (χ2n) is 4.47. The van der Waals surface area contributed by atoms with Gasteiger partial charge >= 0.3 is 0 Å². The Kier molecular flexibility index (Phi) is 4.53. The van der Waals surface area contributed by atoms with E-state index in [1.165, 1.54) is 5.56 Å². The second-order valence-corrected chi connectivity index (χ2v) is 4.47. The highest BCUT2D eigenvalue weighted by Crippen LogP contribution is 2.12. The number of hydrogen-bond acceptors (Lipinski definition) is 2. The second kappa shape index (κ2) is 6.36. The van der Waals surface area contributed by atoms with Crippen LogP contribution < -0.4 is 0 Å². The number of rotatable bonds is 3. The molecule has 0 spiro atoms. The van der Waals surface area contributed by atoms with Crippen LogP contribution in [0.5, 0.6) is 0 Å². The molecule has 1 aromatic rings. The van der Waals surface area contributed by atoms with Crippen molar-refractivity contribution in [3.63, 3.8) is 0 Å². The van der Waals surface area contributed by atoms with Gasteiger partial charge in [-0.25, -0.2) is 0 Å². The maximum atomic E-state index is 11.8. The molecule has 96 valence electrons. The van der Waals surface area contributed by atoms with Crippen molar-refractivity contribution >= 4 is 5.91 Å². The molecule has 1 unspecified atom stereocenters. The van der Waals surface area contributed by atoms with Crippen LogP contribution in [0, 0.1) is 0 Å². The maximum Gasteiger partial charge on any atom is 0.246 e. The predicted molar refractivity (Wildman–Crippen MR) is 71.3 cm³/mol. The highest BCUT2D eigenvalue weighted by Gasteiger charge is 2.22. The molecule has 1 heterocycles. The van der Waals surface area contributed by atoms with Crippen molar-refractivity contribution < 1.29 is 9.53 Å². The number of allylic oxidation sites excluding steroid dienone is 1. The van der Waals surface area contributed by atoms with Gasteiger partial charge in [0.25, 0.3) is 0 Å². The molecule has 0 bridgehead atoms. The average molecular weight is 245 g/mol. The first-order chi connectivity index (χ1) is 8.79. The highest BCUT2D eigenvalue weighted by molar-refractivity contribution is 5.87. The number of ether oxygens (including phenoxy) is 1. The van der Waals surface area contributed by atoms with Gasteiger partial charge in [-0.1, -0.05) is 36.4 Å². The lowest BCUT2D eigenvalue weighted by molar-refractivity contribution is -0.133. The van der Waals surface area contributed by atoms with Gasteiger partial charge in [0.15, 0.2) is 0 Å². The molecule has 1 atom stereocenters. The van der Waals surface area contributed by atoms with Crippen LogP contribution in [-0.4, -0.2) is 36.6 Å². The Labute approximate surface area is 108 Å². The van der Waals surface area contributed by atoms with Crippen molar-refractivity contribution in [2.45, 2.75) is 19.4 Å². The molecule has 0 saturated carbocycles. The number of amides is 1. The third-order valence-electron chi connectivity index (χ3n) is 3.07. The van der Waals surface area contributed by atoms with Gasteiger partial charge in [0.2, 0.25) is 5.91 Å². The highest BCUT2D eigenvalue weighted by atomic mass is 16.5. The molecule has 0 aliphatic carbocycles. The summed E-state index contributed by atoms with van der Waals surface area (Å²) < 4.78 is 5.72. The van der Waals surface area contributed by atoms with E-state index in [2.05, 4.69) is 12.1 Å². The number of hydrogen-bond donors (Lipinski definition) is 0. The van der Waals surface area contributed by atoms with E-state index >= 15 is 0 Å². The van der Waals surface area contributed by atoms with Crippen LogP contribution in [0.25, 0.3) is 0 Å². The van der Waals surface area contributed by atoms with Gasteiger partial charge in [0, 0.05) is 19.5 Å². The van der Waals surface area contributed by atoms with Crippen molar-refractivity contribution in [2.75, 3.05) is 19.7 Å². The van der Waals surface area contributed by atoms with Gasteiger partial charge in [-0.2, -0.15) is 0 Å². The number of nitrogens with zero attached hydrogens (tertiary/aromatic N) is 1. The molecule has 1 aliphatic heterocycles. The lowest BCUT2D eigenvalue weighted by Gasteiger charge is -2.32. The molecule has 0 aromatic heterocycles. The van der Waals surface area contributed by atoms with Crippen molar-refractivity contribution in [2.24, 2.45) is 0 Å². The van der Waals surface area contributed by atoms with Crippen LogP contribution in [0.1, 0.15) is 12.5 Å². The summed E-state index contributed by atoms with van der Waals surface area (Å²) in [5, 5.41) is 0. The van der Waals surface area contributed by atoms with Crippen LogP contribution in [0.4, 0.5) is 0 Å². The van der Waals surface area contributed by atoms with Gasteiger partial charge in [0.05, 0.1) is 12.7 Å². The van der Waals surface area contributed by atoms with E-state index in [-0.39, 0.29) is 12.0 Å². The largest absolute Gasteiger partial charge is 0.374 e. The number of morpholine rings is 1. The van der Waals surface area contributed by atoms with Gasteiger partial charge < -0.3 is 9.64 Å². The smallest absolute Gasteiger partial charge is 0.246 e. The minimum Gasteiger partial charge on any atom is -0.374 e. The lowest BCUT2D eigenvalue weighted by Crippen LogP contribution is -2.45. The molecular formula is C15H19NO2. The van der Waals surface area contributed by atoms with E-state index in [1.54, 1.807) is 12.2 Å². The van der Waals surface area contributed by atoms with Crippen molar-refractivity contribution in [1.29, 1.82) is 0 Å². The summed E-state index contributed by atoms with van der Waals surface area (Å²) in [6, 6.07) is 10.3. The molecule has 1 fully saturated rings. The molecule has 1 aromatic carbocycles. The minimum atomic E-state index is 0.0823. The number of carbonyl (C=O) groups is 1. The van der Waals surface area contributed by atoms with E-state index in [0.717, 1.165) is 6.42 Å². The fourth-order valence-corrected chi connectivity index (χ4v) is 2.17. The van der Waals surface area contributed by atoms with Crippen LogP contribution in [0.2, 0.25) is 0 Å². The summed E-state index contributed by atoms with van der Waals surface area (Å²) in [6.45, 7) is 3.85. The first-order valence-corrected chi connectivity index (χ1v) is 6.36. The van der Waals surface area contributed by atoms with Crippen LogP contribution in [-0.2, 0) is 16.0 Å². The Bertz CT molecular complexity index is 414. The van der Waals surface area contributed by atoms with E-state index in [9.17, 15) is 4.79 Å². The SMILES string of the molecule is CC=CC(=O)N1CCOC(Cc2ccccc2)C1.